The van der Waals surface area contributed by atoms with Crippen LogP contribution < -0.4 is 0 Å². The number of morpholine rings is 1. The Kier molecular flexibility index (Phi) is 4.22. The van der Waals surface area contributed by atoms with Crippen LogP contribution in [-0.2, 0) is 16.1 Å². The average molecular weight is 289 g/mol. The second kappa shape index (κ2) is 6.12. The van der Waals surface area contributed by atoms with E-state index in [4.69, 9.17) is 4.74 Å². The van der Waals surface area contributed by atoms with Crippen LogP contribution in [-0.4, -0.2) is 59.1 Å². The van der Waals surface area contributed by atoms with E-state index in [2.05, 4.69) is 23.7 Å². The van der Waals surface area contributed by atoms with E-state index in [0.29, 0.717) is 12.5 Å². The van der Waals surface area contributed by atoms with Crippen LogP contribution in [0.4, 0.5) is 0 Å². The highest BCUT2D eigenvalue weighted by atomic mass is 16.5. The third-order valence-electron chi connectivity index (χ3n) is 4.15. The number of hydrogen-bond donors (Lipinski definition) is 0. The first-order valence-corrected chi connectivity index (χ1v) is 7.66. The summed E-state index contributed by atoms with van der Waals surface area (Å²) < 4.78 is 5.75. The molecule has 3 rings (SSSR count). The highest BCUT2D eigenvalue weighted by molar-refractivity contribution is 5.78. The fourth-order valence-electron chi connectivity index (χ4n) is 3.30. The molecule has 1 amide bonds. The molecule has 1 aromatic heterocycles. The van der Waals surface area contributed by atoms with Crippen LogP contribution in [0.3, 0.4) is 0 Å². The molecule has 0 bridgehead atoms. The van der Waals surface area contributed by atoms with Crippen molar-refractivity contribution in [3.63, 3.8) is 0 Å². The lowest BCUT2D eigenvalue weighted by molar-refractivity contribution is -0.153. The Morgan fingerprint density at radius 1 is 1.43 bits per heavy atom. The normalized spacial score (nSPS) is 26.4. The van der Waals surface area contributed by atoms with Crippen molar-refractivity contribution in [3.05, 3.63) is 30.1 Å². The lowest BCUT2D eigenvalue weighted by atomic mass is 10.1. The lowest BCUT2D eigenvalue weighted by Crippen LogP contribution is -2.53. The highest BCUT2D eigenvalue weighted by Gasteiger charge is 2.42. The zero-order valence-electron chi connectivity index (χ0n) is 12.7. The summed E-state index contributed by atoms with van der Waals surface area (Å²) in [5.74, 6) is 0.721. The van der Waals surface area contributed by atoms with Crippen molar-refractivity contribution in [2.24, 2.45) is 5.92 Å². The molecule has 2 saturated heterocycles. The van der Waals surface area contributed by atoms with Gasteiger partial charge < -0.3 is 9.64 Å². The summed E-state index contributed by atoms with van der Waals surface area (Å²) >= 11 is 0. The molecule has 0 saturated carbocycles. The molecule has 114 valence electrons. The molecular weight excluding hydrogens is 266 g/mol. The summed E-state index contributed by atoms with van der Waals surface area (Å²) in [5.41, 5.74) is 1.08. The average Bonchev–Trinajstić information content (AvgIpc) is 2.85. The number of rotatable bonds is 4. The van der Waals surface area contributed by atoms with Crippen molar-refractivity contribution < 1.29 is 9.53 Å². The van der Waals surface area contributed by atoms with E-state index in [0.717, 1.165) is 25.2 Å². The predicted molar refractivity (Wildman–Crippen MR) is 79.6 cm³/mol. The summed E-state index contributed by atoms with van der Waals surface area (Å²) in [6, 6.07) is 4.11. The van der Waals surface area contributed by atoms with Crippen LogP contribution in [0.15, 0.2) is 24.5 Å². The van der Waals surface area contributed by atoms with Crippen molar-refractivity contribution >= 4 is 5.91 Å². The quantitative estimate of drug-likeness (QED) is 0.834. The second-order valence-electron chi connectivity index (χ2n) is 6.41. The minimum Gasteiger partial charge on any atom is -0.365 e. The molecule has 2 atom stereocenters. The SMILES string of the molecule is CC(C)CN1CC2OCC(=O)N(Cc3cccnc3)C2C1. The Labute approximate surface area is 125 Å². The number of carbonyl (C=O) groups is 1. The second-order valence-corrected chi connectivity index (χ2v) is 6.41. The van der Waals surface area contributed by atoms with Crippen LogP contribution >= 0.6 is 0 Å². The van der Waals surface area contributed by atoms with E-state index in [1.807, 2.05) is 23.2 Å². The Balaban J connectivity index is 1.71. The first kappa shape index (κ1) is 14.5. The predicted octanol–water partition coefficient (Wildman–Crippen LogP) is 1.15. The number of aromatic nitrogens is 1. The lowest BCUT2D eigenvalue weighted by Gasteiger charge is -2.36. The Morgan fingerprint density at radius 2 is 2.29 bits per heavy atom. The molecule has 0 radical (unpaired) electrons. The van der Waals surface area contributed by atoms with Gasteiger partial charge in [-0.05, 0) is 17.5 Å². The standard InChI is InChI=1S/C16H23N3O2/c1-12(2)7-18-9-14-15(10-18)21-11-16(20)19(14)8-13-4-3-5-17-6-13/h3-6,12,14-15H,7-11H2,1-2H3. The molecular formula is C16H23N3O2. The number of amides is 1. The minimum atomic E-state index is 0.0894. The van der Waals surface area contributed by atoms with Crippen molar-refractivity contribution in [3.8, 4) is 0 Å². The molecule has 3 heterocycles. The summed E-state index contributed by atoms with van der Waals surface area (Å²) in [5, 5.41) is 0. The van der Waals surface area contributed by atoms with Gasteiger partial charge in [0.2, 0.25) is 5.91 Å². The molecule has 2 fully saturated rings. The molecule has 2 unspecified atom stereocenters. The van der Waals surface area contributed by atoms with Gasteiger partial charge in [0, 0.05) is 38.6 Å². The molecule has 5 heteroatoms. The molecule has 0 aromatic carbocycles. The zero-order chi connectivity index (χ0) is 14.8. The van der Waals surface area contributed by atoms with E-state index in [1.54, 1.807) is 6.20 Å². The van der Waals surface area contributed by atoms with E-state index in [9.17, 15) is 4.79 Å². The molecule has 21 heavy (non-hydrogen) atoms. The third kappa shape index (κ3) is 3.24. The number of nitrogens with zero attached hydrogens (tertiary/aromatic N) is 3. The van der Waals surface area contributed by atoms with Gasteiger partial charge in [0.05, 0.1) is 12.1 Å². The van der Waals surface area contributed by atoms with Crippen LogP contribution in [0.2, 0.25) is 0 Å². The summed E-state index contributed by atoms with van der Waals surface area (Å²) in [6.45, 7) is 8.19. The molecule has 0 aliphatic carbocycles. The Morgan fingerprint density at radius 3 is 3.00 bits per heavy atom. The van der Waals surface area contributed by atoms with Gasteiger partial charge in [0.25, 0.3) is 0 Å². The number of likely N-dealkylation sites (tertiary alicyclic amines) is 1. The topological polar surface area (TPSA) is 45.7 Å². The summed E-state index contributed by atoms with van der Waals surface area (Å²) in [6.07, 6.45) is 3.74. The number of fused-ring (bicyclic) bond motifs is 1. The fraction of sp³-hybridized carbons (Fsp3) is 0.625. The van der Waals surface area contributed by atoms with Crippen molar-refractivity contribution in [1.82, 2.24) is 14.8 Å². The maximum atomic E-state index is 12.2. The van der Waals surface area contributed by atoms with Gasteiger partial charge in [-0.1, -0.05) is 19.9 Å². The van der Waals surface area contributed by atoms with Gasteiger partial charge in [-0.2, -0.15) is 0 Å². The number of carbonyl (C=O) groups excluding carboxylic acids is 1. The maximum Gasteiger partial charge on any atom is 0.249 e. The fourth-order valence-corrected chi connectivity index (χ4v) is 3.30. The van der Waals surface area contributed by atoms with Crippen LogP contribution in [0, 0.1) is 5.92 Å². The van der Waals surface area contributed by atoms with Gasteiger partial charge in [-0.3, -0.25) is 14.7 Å². The van der Waals surface area contributed by atoms with E-state index >= 15 is 0 Å². The molecule has 0 N–H and O–H groups in total. The summed E-state index contributed by atoms with van der Waals surface area (Å²) in [4.78, 5) is 20.8. The van der Waals surface area contributed by atoms with Gasteiger partial charge in [-0.15, -0.1) is 0 Å². The molecule has 2 aliphatic rings. The number of hydrogen-bond acceptors (Lipinski definition) is 4. The molecule has 1 aromatic rings. The smallest absolute Gasteiger partial charge is 0.249 e. The minimum absolute atomic E-state index is 0.0894. The van der Waals surface area contributed by atoms with Crippen LogP contribution in [0.5, 0.6) is 0 Å². The third-order valence-corrected chi connectivity index (χ3v) is 4.15. The first-order valence-electron chi connectivity index (χ1n) is 7.66. The highest BCUT2D eigenvalue weighted by Crippen LogP contribution is 2.25. The first-order chi connectivity index (χ1) is 10.1. The zero-order valence-corrected chi connectivity index (χ0v) is 12.7. The van der Waals surface area contributed by atoms with Gasteiger partial charge in [-0.25, -0.2) is 0 Å². The number of ether oxygens (including phenoxy) is 1. The van der Waals surface area contributed by atoms with Crippen molar-refractivity contribution in [1.29, 1.82) is 0 Å². The molecule has 0 spiro atoms. The Bertz CT molecular complexity index is 492. The summed E-state index contributed by atoms with van der Waals surface area (Å²) in [7, 11) is 0. The molecule has 2 aliphatic heterocycles. The maximum absolute atomic E-state index is 12.2. The van der Waals surface area contributed by atoms with E-state index in [-0.39, 0.29) is 24.7 Å². The van der Waals surface area contributed by atoms with Crippen molar-refractivity contribution in [2.75, 3.05) is 26.2 Å². The van der Waals surface area contributed by atoms with E-state index in [1.165, 1.54) is 0 Å². The van der Waals surface area contributed by atoms with Crippen LogP contribution in [0.1, 0.15) is 19.4 Å². The van der Waals surface area contributed by atoms with Crippen LogP contribution in [0.25, 0.3) is 0 Å². The van der Waals surface area contributed by atoms with Gasteiger partial charge in [0.15, 0.2) is 0 Å². The monoisotopic (exact) mass is 289 g/mol. The van der Waals surface area contributed by atoms with Crippen molar-refractivity contribution in [2.45, 2.75) is 32.5 Å². The molecule has 5 nitrogen and oxygen atoms in total. The van der Waals surface area contributed by atoms with E-state index < -0.39 is 0 Å². The van der Waals surface area contributed by atoms with Gasteiger partial charge >= 0.3 is 0 Å². The van der Waals surface area contributed by atoms with Gasteiger partial charge in [0.1, 0.15) is 6.61 Å². The Hall–Kier alpha value is -1.46. The number of pyridine rings is 1. The largest absolute Gasteiger partial charge is 0.365 e.